The molecule has 0 spiro atoms. The molecule has 404 valence electrons. The molecule has 0 aliphatic carbocycles. The molecule has 1 aliphatic heterocycles. The van der Waals surface area contributed by atoms with E-state index in [1.54, 1.807) is 6.08 Å². The highest BCUT2D eigenvalue weighted by atomic mass is 16.7. The van der Waals surface area contributed by atoms with Crippen LogP contribution in [0.3, 0.4) is 0 Å². The van der Waals surface area contributed by atoms with Crippen molar-refractivity contribution >= 4 is 5.91 Å². The van der Waals surface area contributed by atoms with Crippen LogP contribution < -0.4 is 5.32 Å². The Kier molecular flexibility index (Phi) is 47.3. The van der Waals surface area contributed by atoms with E-state index < -0.39 is 49.5 Å². The SMILES string of the molecule is CCCCCCCCCCCCCCCCCCCCCCCCCCC/C=C/C(O)C(COC1OC(CO)C(O)C(O)C1O)NC(=O)CCCCCCCCCCCCCCCCCCCC. The smallest absolute Gasteiger partial charge is 0.220 e. The number of carbonyl (C=O) groups excluding carboxylic acids is 1. The fourth-order valence-electron chi connectivity index (χ4n) is 9.87. The lowest BCUT2D eigenvalue weighted by Gasteiger charge is -2.40. The van der Waals surface area contributed by atoms with Crippen LogP contribution in [-0.2, 0) is 14.3 Å². The van der Waals surface area contributed by atoms with Crippen LogP contribution in [0, 0.1) is 0 Å². The maximum atomic E-state index is 13.0. The molecule has 9 nitrogen and oxygen atoms in total. The van der Waals surface area contributed by atoms with Crippen molar-refractivity contribution in [1.29, 1.82) is 0 Å². The Balaban J connectivity index is 2.19. The fraction of sp³-hybridized carbons (Fsp3) is 0.949. The van der Waals surface area contributed by atoms with Gasteiger partial charge < -0.3 is 40.3 Å². The third-order valence-corrected chi connectivity index (χ3v) is 14.6. The second-order valence-corrected chi connectivity index (χ2v) is 21.2. The Labute approximate surface area is 420 Å². The first kappa shape index (κ1) is 64.9. The van der Waals surface area contributed by atoms with Gasteiger partial charge in [-0.25, -0.2) is 0 Å². The van der Waals surface area contributed by atoms with Gasteiger partial charge in [-0.15, -0.1) is 0 Å². The number of nitrogens with one attached hydrogen (secondary N) is 1. The third kappa shape index (κ3) is 38.6. The highest BCUT2D eigenvalue weighted by Crippen LogP contribution is 2.23. The van der Waals surface area contributed by atoms with E-state index in [0.29, 0.717) is 6.42 Å². The molecule has 0 radical (unpaired) electrons. The minimum Gasteiger partial charge on any atom is -0.394 e. The van der Waals surface area contributed by atoms with Crippen molar-refractivity contribution in [1.82, 2.24) is 5.32 Å². The zero-order valence-electron chi connectivity index (χ0n) is 44.9. The Bertz CT molecular complexity index is 1080. The number of aliphatic hydroxyl groups is 5. The van der Waals surface area contributed by atoms with Crippen molar-refractivity contribution in [3.8, 4) is 0 Å². The maximum Gasteiger partial charge on any atom is 0.220 e. The van der Waals surface area contributed by atoms with Crippen molar-refractivity contribution < 1.29 is 39.8 Å². The van der Waals surface area contributed by atoms with Crippen LogP contribution in [0.15, 0.2) is 12.2 Å². The summed E-state index contributed by atoms with van der Waals surface area (Å²) in [5, 5.41) is 54.5. The molecule has 0 saturated carbocycles. The number of amides is 1. The van der Waals surface area contributed by atoms with Gasteiger partial charge in [0.2, 0.25) is 5.91 Å². The molecule has 1 amide bonds. The molecular weight excluding hydrogens is 851 g/mol. The molecular formula is C59H115NO8. The van der Waals surface area contributed by atoms with E-state index in [0.717, 1.165) is 38.5 Å². The molecule has 68 heavy (non-hydrogen) atoms. The third-order valence-electron chi connectivity index (χ3n) is 14.6. The van der Waals surface area contributed by atoms with E-state index in [-0.39, 0.29) is 12.5 Å². The predicted molar refractivity (Wildman–Crippen MR) is 286 cm³/mol. The Morgan fingerprint density at radius 1 is 0.485 bits per heavy atom. The molecule has 9 heteroatoms. The number of hydrogen-bond donors (Lipinski definition) is 6. The zero-order chi connectivity index (χ0) is 49.4. The van der Waals surface area contributed by atoms with Crippen LogP contribution in [0.5, 0.6) is 0 Å². The van der Waals surface area contributed by atoms with Crippen LogP contribution in [0.1, 0.15) is 303 Å². The topological polar surface area (TPSA) is 149 Å². The second kappa shape index (κ2) is 49.5. The lowest BCUT2D eigenvalue weighted by atomic mass is 9.99. The normalized spacial score (nSPS) is 19.5. The first-order valence-electron chi connectivity index (χ1n) is 29.9. The summed E-state index contributed by atoms with van der Waals surface area (Å²) in [6.45, 7) is 3.83. The molecule has 1 rings (SSSR count). The largest absolute Gasteiger partial charge is 0.394 e. The number of hydrogen-bond acceptors (Lipinski definition) is 8. The second-order valence-electron chi connectivity index (χ2n) is 21.2. The highest BCUT2D eigenvalue weighted by Gasteiger charge is 2.44. The molecule has 6 N–H and O–H groups in total. The number of rotatable bonds is 52. The predicted octanol–water partition coefficient (Wildman–Crippen LogP) is 14.8. The quantitative estimate of drug-likeness (QED) is 0.0261. The zero-order valence-corrected chi connectivity index (χ0v) is 44.9. The van der Waals surface area contributed by atoms with Crippen LogP contribution >= 0.6 is 0 Å². The fourth-order valence-corrected chi connectivity index (χ4v) is 9.87. The summed E-state index contributed by atoms with van der Waals surface area (Å²) >= 11 is 0. The Hall–Kier alpha value is -1.07. The average Bonchev–Trinajstić information content (AvgIpc) is 3.34. The summed E-state index contributed by atoms with van der Waals surface area (Å²) in [5.41, 5.74) is 0. The van der Waals surface area contributed by atoms with E-state index in [1.165, 1.54) is 244 Å². The summed E-state index contributed by atoms with van der Waals surface area (Å²) in [5.74, 6) is -0.170. The van der Waals surface area contributed by atoms with Gasteiger partial charge in [0.15, 0.2) is 6.29 Å². The number of unbranched alkanes of at least 4 members (excludes halogenated alkanes) is 42. The molecule has 7 atom stereocenters. The monoisotopic (exact) mass is 966 g/mol. The summed E-state index contributed by atoms with van der Waals surface area (Å²) in [6.07, 6.45) is 54.3. The maximum absolute atomic E-state index is 13.0. The first-order chi connectivity index (χ1) is 33.3. The Morgan fingerprint density at radius 2 is 0.809 bits per heavy atom. The Morgan fingerprint density at radius 3 is 1.15 bits per heavy atom. The van der Waals surface area contributed by atoms with Gasteiger partial charge in [0.1, 0.15) is 24.4 Å². The van der Waals surface area contributed by atoms with Crippen LogP contribution in [0.2, 0.25) is 0 Å². The van der Waals surface area contributed by atoms with Gasteiger partial charge in [-0.3, -0.25) is 4.79 Å². The van der Waals surface area contributed by atoms with Crippen molar-refractivity contribution in [3.05, 3.63) is 12.2 Å². The average molecular weight is 967 g/mol. The number of aliphatic hydroxyl groups excluding tert-OH is 5. The van der Waals surface area contributed by atoms with Gasteiger partial charge in [-0.1, -0.05) is 289 Å². The van der Waals surface area contributed by atoms with Gasteiger partial charge in [0, 0.05) is 6.42 Å². The van der Waals surface area contributed by atoms with Gasteiger partial charge in [-0.2, -0.15) is 0 Å². The number of allylic oxidation sites excluding steroid dienone is 1. The molecule has 1 heterocycles. The van der Waals surface area contributed by atoms with Gasteiger partial charge in [0.25, 0.3) is 0 Å². The van der Waals surface area contributed by atoms with Gasteiger partial charge in [0.05, 0.1) is 25.4 Å². The van der Waals surface area contributed by atoms with Crippen LogP contribution in [-0.4, -0.2) is 87.5 Å². The number of carbonyl (C=O) groups is 1. The summed E-state index contributed by atoms with van der Waals surface area (Å²) in [6, 6.07) is -0.800. The molecule has 0 aromatic carbocycles. The lowest BCUT2D eigenvalue weighted by Crippen LogP contribution is -2.60. The van der Waals surface area contributed by atoms with Crippen LogP contribution in [0.25, 0.3) is 0 Å². The number of ether oxygens (including phenoxy) is 2. The standard InChI is InChI=1S/C59H115NO8/c1-3-5-7-9-11-13-15-17-19-21-23-24-25-26-27-28-29-30-31-32-34-36-38-40-42-44-46-48-53(62)52(51-67-59-58(66)57(65)56(64)54(50-61)68-59)60-55(63)49-47-45-43-41-39-37-35-33-22-20-18-16-14-12-10-8-6-4-2/h46,48,52-54,56-59,61-62,64-66H,3-45,47,49-51H2,1-2H3,(H,60,63)/b48-46+. The molecule has 1 saturated heterocycles. The van der Waals surface area contributed by atoms with Crippen LogP contribution in [0.4, 0.5) is 0 Å². The van der Waals surface area contributed by atoms with E-state index in [2.05, 4.69) is 19.2 Å². The molecule has 7 unspecified atom stereocenters. The van der Waals surface area contributed by atoms with Crippen molar-refractivity contribution in [2.75, 3.05) is 13.2 Å². The molecule has 1 fully saturated rings. The summed E-state index contributed by atoms with van der Waals surface area (Å²) < 4.78 is 11.3. The van der Waals surface area contributed by atoms with Gasteiger partial charge >= 0.3 is 0 Å². The first-order valence-corrected chi connectivity index (χ1v) is 29.9. The van der Waals surface area contributed by atoms with Gasteiger partial charge in [-0.05, 0) is 19.3 Å². The molecule has 0 aromatic rings. The minimum atomic E-state index is -1.56. The van der Waals surface area contributed by atoms with E-state index >= 15 is 0 Å². The van der Waals surface area contributed by atoms with E-state index in [1.807, 2.05) is 6.08 Å². The summed E-state index contributed by atoms with van der Waals surface area (Å²) in [4.78, 5) is 13.0. The minimum absolute atomic E-state index is 0.170. The van der Waals surface area contributed by atoms with Crippen molar-refractivity contribution in [2.45, 2.75) is 346 Å². The lowest BCUT2D eigenvalue weighted by molar-refractivity contribution is -0.302. The van der Waals surface area contributed by atoms with Crippen molar-refractivity contribution in [3.63, 3.8) is 0 Å². The molecule has 1 aliphatic rings. The molecule has 0 bridgehead atoms. The van der Waals surface area contributed by atoms with Crippen molar-refractivity contribution in [2.24, 2.45) is 0 Å². The highest BCUT2D eigenvalue weighted by molar-refractivity contribution is 5.76. The van der Waals surface area contributed by atoms with E-state index in [9.17, 15) is 30.3 Å². The van der Waals surface area contributed by atoms with E-state index in [4.69, 9.17) is 9.47 Å². The molecule has 0 aromatic heterocycles. The summed E-state index contributed by atoms with van der Waals surface area (Å²) in [7, 11) is 0.